The second-order valence-electron chi connectivity index (χ2n) is 4.24. The van der Waals surface area contributed by atoms with Crippen LogP contribution in [-0.4, -0.2) is 9.78 Å². The highest BCUT2D eigenvalue weighted by molar-refractivity contribution is 6.31. The molecule has 0 aliphatic carbocycles. The number of benzene rings is 1. The number of halogens is 2. The number of aromatic nitrogens is 2. The molecule has 0 aliphatic rings. The minimum atomic E-state index is -0.0869. The van der Waals surface area contributed by atoms with Gasteiger partial charge >= 0.3 is 0 Å². The normalized spacial score (nSPS) is 12.6. The van der Waals surface area contributed by atoms with Crippen LogP contribution in [-0.2, 0) is 13.0 Å². The Morgan fingerprint density at radius 3 is 2.58 bits per heavy atom. The van der Waals surface area contributed by atoms with Gasteiger partial charge in [0, 0.05) is 11.6 Å². The molecule has 2 rings (SSSR count). The lowest BCUT2D eigenvalue weighted by atomic mass is 10.0. The van der Waals surface area contributed by atoms with Crippen LogP contribution in [0.5, 0.6) is 0 Å². The fourth-order valence-electron chi connectivity index (χ4n) is 2.06. The van der Waals surface area contributed by atoms with Crippen LogP contribution < -0.4 is 11.3 Å². The summed E-state index contributed by atoms with van der Waals surface area (Å²) in [5.41, 5.74) is 4.84. The molecule has 0 saturated heterocycles. The van der Waals surface area contributed by atoms with Crippen molar-refractivity contribution in [3.8, 4) is 0 Å². The lowest BCUT2D eigenvalue weighted by Crippen LogP contribution is -2.31. The van der Waals surface area contributed by atoms with Crippen molar-refractivity contribution in [2.45, 2.75) is 25.9 Å². The van der Waals surface area contributed by atoms with E-state index in [-0.39, 0.29) is 6.04 Å². The fourth-order valence-corrected chi connectivity index (χ4v) is 2.46. The molecule has 4 nitrogen and oxygen atoms in total. The molecule has 0 amide bonds. The van der Waals surface area contributed by atoms with Gasteiger partial charge in [-0.2, -0.15) is 5.10 Å². The summed E-state index contributed by atoms with van der Waals surface area (Å²) in [7, 11) is 0. The van der Waals surface area contributed by atoms with E-state index in [1.165, 1.54) is 0 Å². The summed E-state index contributed by atoms with van der Waals surface area (Å²) < 4.78 is 1.85. The smallest absolute Gasteiger partial charge is 0.0834 e. The van der Waals surface area contributed by atoms with Gasteiger partial charge in [-0.3, -0.25) is 16.0 Å². The van der Waals surface area contributed by atoms with Crippen LogP contribution in [0.1, 0.15) is 24.2 Å². The third-order valence-corrected chi connectivity index (χ3v) is 3.56. The zero-order valence-corrected chi connectivity index (χ0v) is 12.1. The average Bonchev–Trinajstić information content (AvgIpc) is 2.79. The molecule has 3 N–H and O–H groups in total. The van der Waals surface area contributed by atoms with E-state index in [1.807, 2.05) is 35.9 Å². The first-order valence-corrected chi connectivity index (χ1v) is 6.83. The third kappa shape index (κ3) is 3.28. The molecule has 1 heterocycles. The van der Waals surface area contributed by atoms with E-state index >= 15 is 0 Å². The number of nitrogens with two attached hydrogens (primary N) is 1. The number of hydrogen-bond acceptors (Lipinski definition) is 3. The Morgan fingerprint density at radius 1 is 1.32 bits per heavy atom. The van der Waals surface area contributed by atoms with E-state index in [9.17, 15) is 0 Å². The molecule has 0 saturated carbocycles. The molecule has 1 aromatic heterocycles. The molecule has 19 heavy (non-hydrogen) atoms. The van der Waals surface area contributed by atoms with Crippen LogP contribution in [0.25, 0.3) is 0 Å². The summed E-state index contributed by atoms with van der Waals surface area (Å²) in [5, 5.41) is 5.57. The Morgan fingerprint density at radius 2 is 2.00 bits per heavy atom. The summed E-state index contributed by atoms with van der Waals surface area (Å²) in [4.78, 5) is 0. The highest BCUT2D eigenvalue weighted by atomic mass is 35.5. The van der Waals surface area contributed by atoms with Crippen molar-refractivity contribution < 1.29 is 0 Å². The monoisotopic (exact) mass is 298 g/mol. The quantitative estimate of drug-likeness (QED) is 0.659. The Bertz CT molecular complexity index is 536. The lowest BCUT2D eigenvalue weighted by molar-refractivity contribution is 0.491. The second-order valence-corrected chi connectivity index (χ2v) is 5.09. The lowest BCUT2D eigenvalue weighted by Gasteiger charge is -2.18. The number of hydrogen-bond donors (Lipinski definition) is 2. The predicted octanol–water partition coefficient (Wildman–Crippen LogP) is 2.96. The molecule has 0 fully saturated rings. The largest absolute Gasteiger partial charge is 0.271 e. The van der Waals surface area contributed by atoms with E-state index in [0.29, 0.717) is 5.02 Å². The minimum absolute atomic E-state index is 0.0869. The summed E-state index contributed by atoms with van der Waals surface area (Å²) >= 11 is 12.1. The first-order valence-electron chi connectivity index (χ1n) is 6.07. The van der Waals surface area contributed by atoms with Crippen molar-refractivity contribution in [2.24, 2.45) is 5.84 Å². The van der Waals surface area contributed by atoms with Crippen LogP contribution in [0.4, 0.5) is 0 Å². The Balaban J connectivity index is 2.24. The van der Waals surface area contributed by atoms with Crippen LogP contribution in [0.15, 0.2) is 30.5 Å². The first kappa shape index (κ1) is 14.3. The van der Waals surface area contributed by atoms with Gasteiger partial charge in [-0.25, -0.2) is 0 Å². The van der Waals surface area contributed by atoms with E-state index in [4.69, 9.17) is 29.0 Å². The highest BCUT2D eigenvalue weighted by Crippen LogP contribution is 2.25. The Kier molecular flexibility index (Phi) is 4.82. The van der Waals surface area contributed by atoms with Gasteiger partial charge in [0.15, 0.2) is 0 Å². The number of aryl methyl sites for hydroxylation is 1. The van der Waals surface area contributed by atoms with Crippen molar-refractivity contribution >= 4 is 23.2 Å². The number of nitrogens with zero attached hydrogens (tertiary/aromatic N) is 2. The predicted molar refractivity (Wildman–Crippen MR) is 78.1 cm³/mol. The van der Waals surface area contributed by atoms with Gasteiger partial charge in [0.2, 0.25) is 0 Å². The molecule has 2 aromatic rings. The van der Waals surface area contributed by atoms with Gasteiger partial charge < -0.3 is 0 Å². The Hall–Kier alpha value is -1.07. The molecule has 102 valence electrons. The molecule has 0 bridgehead atoms. The van der Waals surface area contributed by atoms with Gasteiger partial charge in [-0.05, 0) is 31.0 Å². The molecular weight excluding hydrogens is 283 g/mol. The SMILES string of the molecule is CCn1ncc(Cl)c1C(Cc1ccc(Cl)cc1)NN. The van der Waals surface area contributed by atoms with Crippen molar-refractivity contribution in [1.82, 2.24) is 15.2 Å². The average molecular weight is 299 g/mol. The molecule has 1 unspecified atom stereocenters. The van der Waals surface area contributed by atoms with Gasteiger partial charge in [0.25, 0.3) is 0 Å². The van der Waals surface area contributed by atoms with Gasteiger partial charge in [-0.1, -0.05) is 35.3 Å². The maximum atomic E-state index is 6.19. The summed E-state index contributed by atoms with van der Waals surface area (Å²) in [6, 6.07) is 7.60. The zero-order valence-electron chi connectivity index (χ0n) is 10.6. The van der Waals surface area contributed by atoms with E-state index in [0.717, 1.165) is 29.2 Å². The summed E-state index contributed by atoms with van der Waals surface area (Å²) in [6.45, 7) is 2.77. The molecule has 1 atom stereocenters. The van der Waals surface area contributed by atoms with E-state index in [2.05, 4.69) is 10.5 Å². The van der Waals surface area contributed by atoms with Gasteiger partial charge in [0.05, 0.1) is 23.0 Å². The first-order chi connectivity index (χ1) is 9.15. The topological polar surface area (TPSA) is 55.9 Å². The molecular formula is C13H16Cl2N4. The fraction of sp³-hybridized carbons (Fsp3) is 0.308. The maximum absolute atomic E-state index is 6.19. The Labute approximate surface area is 122 Å². The number of hydrazine groups is 1. The number of nitrogens with one attached hydrogen (secondary N) is 1. The van der Waals surface area contributed by atoms with Crippen LogP contribution >= 0.6 is 23.2 Å². The molecule has 0 aliphatic heterocycles. The van der Waals surface area contributed by atoms with Crippen molar-refractivity contribution in [3.05, 3.63) is 51.8 Å². The molecule has 0 spiro atoms. The van der Waals surface area contributed by atoms with Gasteiger partial charge in [-0.15, -0.1) is 0 Å². The van der Waals surface area contributed by atoms with Crippen molar-refractivity contribution in [3.63, 3.8) is 0 Å². The third-order valence-electron chi connectivity index (χ3n) is 3.02. The second kappa shape index (κ2) is 6.39. The summed E-state index contributed by atoms with van der Waals surface area (Å²) in [5.74, 6) is 5.66. The molecule has 0 radical (unpaired) electrons. The standard InChI is InChI=1S/C13H16Cl2N4/c1-2-19-13(11(15)8-17-19)12(18-16)7-9-3-5-10(14)6-4-9/h3-6,8,12,18H,2,7,16H2,1H3. The maximum Gasteiger partial charge on any atom is 0.0834 e. The van der Waals surface area contributed by atoms with Crippen LogP contribution in [0.3, 0.4) is 0 Å². The van der Waals surface area contributed by atoms with E-state index < -0.39 is 0 Å². The molecule has 1 aromatic carbocycles. The van der Waals surface area contributed by atoms with E-state index in [1.54, 1.807) is 6.20 Å². The van der Waals surface area contributed by atoms with Crippen molar-refractivity contribution in [1.29, 1.82) is 0 Å². The summed E-state index contributed by atoms with van der Waals surface area (Å²) in [6.07, 6.45) is 2.37. The van der Waals surface area contributed by atoms with Crippen LogP contribution in [0.2, 0.25) is 10.0 Å². The minimum Gasteiger partial charge on any atom is -0.271 e. The number of rotatable bonds is 5. The van der Waals surface area contributed by atoms with Gasteiger partial charge in [0.1, 0.15) is 0 Å². The molecule has 6 heteroatoms. The van der Waals surface area contributed by atoms with Crippen LogP contribution in [0, 0.1) is 0 Å². The highest BCUT2D eigenvalue weighted by Gasteiger charge is 2.19. The van der Waals surface area contributed by atoms with Crippen molar-refractivity contribution in [2.75, 3.05) is 0 Å². The zero-order chi connectivity index (χ0) is 13.8.